The van der Waals surface area contributed by atoms with Crippen LogP contribution in [0.1, 0.15) is 0 Å². The second-order valence-electron chi connectivity index (χ2n) is 6.43. The molecule has 0 bridgehead atoms. The van der Waals surface area contributed by atoms with Gasteiger partial charge in [-0.2, -0.15) is 0 Å². The van der Waals surface area contributed by atoms with Gasteiger partial charge in [0, 0.05) is 21.5 Å². The van der Waals surface area contributed by atoms with Gasteiger partial charge < -0.3 is 4.57 Å². The molecule has 2 heteroatoms. The fraction of sp³-hybridized carbons (Fsp3) is 0. The Morgan fingerprint density at radius 1 is 0.538 bits per heavy atom. The summed E-state index contributed by atoms with van der Waals surface area (Å²) in [5.41, 5.74) is 5.74. The van der Waals surface area contributed by atoms with Crippen LogP contribution in [0.5, 0.6) is 0 Å². The van der Waals surface area contributed by atoms with E-state index >= 15 is 0 Å². The highest BCUT2D eigenvalue weighted by Crippen LogP contribution is 2.34. The lowest BCUT2D eigenvalue weighted by molar-refractivity contribution is 1.18. The zero-order valence-corrected chi connectivity index (χ0v) is 14.8. The topological polar surface area (TPSA) is 4.93 Å². The zero-order valence-electron chi connectivity index (χ0n) is 14.1. The third-order valence-electron chi connectivity index (χ3n) is 4.83. The van der Waals surface area contributed by atoms with Gasteiger partial charge in [0.05, 0.1) is 11.0 Å². The predicted molar refractivity (Wildman–Crippen MR) is 111 cm³/mol. The van der Waals surface area contributed by atoms with Crippen LogP contribution >= 0.6 is 11.6 Å². The van der Waals surface area contributed by atoms with E-state index in [1.54, 1.807) is 0 Å². The van der Waals surface area contributed by atoms with Gasteiger partial charge in [-0.05, 0) is 41.5 Å². The smallest absolute Gasteiger partial charge is 0.0541 e. The third-order valence-corrected chi connectivity index (χ3v) is 5.05. The SMILES string of the molecule is Clc1cc(-c2ccccc2)cc(-n2c3ccccc3c3ccccc32)c1. The second kappa shape index (κ2) is 6.05. The van der Waals surface area contributed by atoms with Gasteiger partial charge in [-0.1, -0.05) is 78.3 Å². The first-order valence-corrected chi connectivity index (χ1v) is 9.04. The number of rotatable bonds is 2. The number of hydrogen-bond acceptors (Lipinski definition) is 0. The van der Waals surface area contributed by atoms with Crippen LogP contribution in [0.25, 0.3) is 38.6 Å². The average molecular weight is 354 g/mol. The van der Waals surface area contributed by atoms with E-state index in [1.807, 2.05) is 18.2 Å². The summed E-state index contributed by atoms with van der Waals surface area (Å²) in [6.45, 7) is 0. The molecule has 0 saturated heterocycles. The molecule has 124 valence electrons. The van der Waals surface area contributed by atoms with E-state index in [1.165, 1.54) is 21.8 Å². The van der Waals surface area contributed by atoms with Crippen molar-refractivity contribution in [3.63, 3.8) is 0 Å². The Kier molecular flexibility index (Phi) is 3.55. The summed E-state index contributed by atoms with van der Waals surface area (Å²) >= 11 is 6.51. The number of fused-ring (bicyclic) bond motifs is 3. The van der Waals surface area contributed by atoms with E-state index in [0.717, 1.165) is 21.8 Å². The van der Waals surface area contributed by atoms with E-state index in [4.69, 9.17) is 11.6 Å². The van der Waals surface area contributed by atoms with E-state index in [-0.39, 0.29) is 0 Å². The lowest BCUT2D eigenvalue weighted by Crippen LogP contribution is -1.94. The quantitative estimate of drug-likeness (QED) is 0.319. The fourth-order valence-corrected chi connectivity index (χ4v) is 3.93. The maximum absolute atomic E-state index is 6.51. The highest BCUT2D eigenvalue weighted by atomic mass is 35.5. The van der Waals surface area contributed by atoms with Crippen LogP contribution in [0.2, 0.25) is 5.02 Å². The molecule has 0 unspecified atom stereocenters. The Labute approximate surface area is 157 Å². The predicted octanol–water partition coefficient (Wildman–Crippen LogP) is 7.10. The van der Waals surface area contributed by atoms with E-state index in [2.05, 4.69) is 83.4 Å². The molecular weight excluding hydrogens is 338 g/mol. The molecule has 0 aliphatic carbocycles. The van der Waals surface area contributed by atoms with Crippen molar-refractivity contribution < 1.29 is 0 Å². The molecule has 4 aromatic carbocycles. The van der Waals surface area contributed by atoms with Crippen LogP contribution in [0.3, 0.4) is 0 Å². The Bertz CT molecular complexity index is 1180. The summed E-state index contributed by atoms with van der Waals surface area (Å²) in [6.07, 6.45) is 0. The molecular formula is C24H16ClN. The minimum atomic E-state index is 0.739. The van der Waals surface area contributed by atoms with Gasteiger partial charge in [0.1, 0.15) is 0 Å². The minimum absolute atomic E-state index is 0.739. The van der Waals surface area contributed by atoms with Crippen molar-refractivity contribution in [1.29, 1.82) is 0 Å². The van der Waals surface area contributed by atoms with Crippen molar-refractivity contribution in [3.05, 3.63) is 102 Å². The van der Waals surface area contributed by atoms with E-state index in [0.29, 0.717) is 0 Å². The molecule has 0 spiro atoms. The Morgan fingerprint density at radius 2 is 1.12 bits per heavy atom. The first-order valence-electron chi connectivity index (χ1n) is 8.66. The first kappa shape index (κ1) is 15.2. The van der Waals surface area contributed by atoms with Gasteiger partial charge in [-0.3, -0.25) is 0 Å². The maximum Gasteiger partial charge on any atom is 0.0541 e. The average Bonchev–Trinajstić information content (AvgIpc) is 3.03. The second-order valence-corrected chi connectivity index (χ2v) is 6.87. The van der Waals surface area contributed by atoms with Crippen LogP contribution in [0.15, 0.2) is 97.1 Å². The number of benzene rings is 4. The fourth-order valence-electron chi connectivity index (χ4n) is 3.70. The molecule has 5 rings (SSSR count). The number of halogens is 1. The molecule has 0 saturated carbocycles. The van der Waals surface area contributed by atoms with Crippen molar-refractivity contribution in [1.82, 2.24) is 4.57 Å². The third kappa shape index (κ3) is 2.40. The van der Waals surface area contributed by atoms with Crippen molar-refractivity contribution >= 4 is 33.4 Å². The van der Waals surface area contributed by atoms with Crippen molar-refractivity contribution in [2.75, 3.05) is 0 Å². The van der Waals surface area contributed by atoms with Gasteiger partial charge in [-0.25, -0.2) is 0 Å². The summed E-state index contributed by atoms with van der Waals surface area (Å²) in [5.74, 6) is 0. The highest BCUT2D eigenvalue weighted by molar-refractivity contribution is 6.31. The standard InChI is InChI=1S/C24H16ClN/c25-19-14-18(17-8-2-1-3-9-17)15-20(16-19)26-23-12-6-4-10-21(23)22-11-5-7-13-24(22)26/h1-16H. The summed E-state index contributed by atoms with van der Waals surface area (Å²) < 4.78 is 2.29. The van der Waals surface area contributed by atoms with Crippen molar-refractivity contribution in [2.45, 2.75) is 0 Å². The maximum atomic E-state index is 6.51. The minimum Gasteiger partial charge on any atom is -0.309 e. The lowest BCUT2D eigenvalue weighted by atomic mass is 10.1. The summed E-state index contributed by atoms with van der Waals surface area (Å²) in [4.78, 5) is 0. The van der Waals surface area contributed by atoms with Gasteiger partial charge in [0.15, 0.2) is 0 Å². The summed E-state index contributed by atoms with van der Waals surface area (Å²) in [7, 11) is 0. The molecule has 0 N–H and O–H groups in total. The van der Waals surface area contributed by atoms with Gasteiger partial charge >= 0.3 is 0 Å². The Morgan fingerprint density at radius 3 is 1.77 bits per heavy atom. The van der Waals surface area contributed by atoms with Crippen molar-refractivity contribution in [3.8, 4) is 16.8 Å². The first-order chi connectivity index (χ1) is 12.8. The van der Waals surface area contributed by atoms with E-state index < -0.39 is 0 Å². The number of aromatic nitrogens is 1. The highest BCUT2D eigenvalue weighted by Gasteiger charge is 2.12. The summed E-state index contributed by atoms with van der Waals surface area (Å²) in [6, 6.07) is 33.7. The van der Waals surface area contributed by atoms with Crippen LogP contribution in [0.4, 0.5) is 0 Å². The molecule has 5 aromatic rings. The molecule has 1 heterocycles. The molecule has 0 amide bonds. The van der Waals surface area contributed by atoms with Crippen LogP contribution < -0.4 is 0 Å². The molecule has 0 radical (unpaired) electrons. The molecule has 1 nitrogen and oxygen atoms in total. The van der Waals surface area contributed by atoms with E-state index in [9.17, 15) is 0 Å². The molecule has 1 aromatic heterocycles. The van der Waals surface area contributed by atoms with Crippen molar-refractivity contribution in [2.24, 2.45) is 0 Å². The monoisotopic (exact) mass is 353 g/mol. The summed E-state index contributed by atoms with van der Waals surface area (Å²) in [5, 5.41) is 3.25. The number of nitrogens with zero attached hydrogens (tertiary/aromatic N) is 1. The van der Waals surface area contributed by atoms with Crippen LogP contribution in [0, 0.1) is 0 Å². The molecule has 0 aliphatic rings. The zero-order chi connectivity index (χ0) is 17.5. The molecule has 0 aliphatic heterocycles. The van der Waals surface area contributed by atoms with Gasteiger partial charge in [0.25, 0.3) is 0 Å². The Hall–Kier alpha value is -3.03. The number of para-hydroxylation sites is 2. The Balaban J connectivity index is 1.84. The van der Waals surface area contributed by atoms with Gasteiger partial charge in [0.2, 0.25) is 0 Å². The number of hydrogen-bond donors (Lipinski definition) is 0. The largest absolute Gasteiger partial charge is 0.309 e. The molecule has 0 atom stereocenters. The molecule has 0 fully saturated rings. The molecule has 26 heavy (non-hydrogen) atoms. The normalized spacial score (nSPS) is 11.3. The van der Waals surface area contributed by atoms with Crippen LogP contribution in [-0.2, 0) is 0 Å². The lowest BCUT2D eigenvalue weighted by Gasteiger charge is -2.11. The van der Waals surface area contributed by atoms with Crippen LogP contribution in [-0.4, -0.2) is 4.57 Å². The van der Waals surface area contributed by atoms with Gasteiger partial charge in [-0.15, -0.1) is 0 Å².